The van der Waals surface area contributed by atoms with Crippen molar-refractivity contribution in [2.24, 2.45) is 0 Å². The van der Waals surface area contributed by atoms with E-state index in [1.54, 1.807) is 0 Å². The third-order valence-corrected chi connectivity index (χ3v) is 1.46. The molecule has 0 fully saturated rings. The Balaban J connectivity index is 0. The van der Waals surface area contributed by atoms with E-state index in [-0.39, 0.29) is 1.43 Å². The monoisotopic (exact) mass is 115 g/mol. The molecule has 0 radical (unpaired) electrons. The molecule has 0 aliphatic heterocycles. The maximum atomic E-state index is 2.26. The summed E-state index contributed by atoms with van der Waals surface area (Å²) in [5, 5.41) is 0. The van der Waals surface area contributed by atoms with Gasteiger partial charge in [-0.1, -0.05) is 52.4 Å². The highest BCUT2D eigenvalue weighted by Gasteiger charge is 1.83. The fourth-order valence-corrected chi connectivity index (χ4v) is 0.854. The van der Waals surface area contributed by atoms with Crippen LogP contribution in [0.1, 0.15) is 53.8 Å². The molecule has 0 aliphatic carbocycles. The fourth-order valence-electron chi connectivity index (χ4n) is 0.854. The van der Waals surface area contributed by atoms with E-state index < -0.39 is 0 Å². The normalized spacial score (nSPS) is 9.75. The summed E-state index contributed by atoms with van der Waals surface area (Å²) < 4.78 is 0. The minimum Gasteiger partial charge on any atom is -0.0654 e. The summed E-state index contributed by atoms with van der Waals surface area (Å²) in [6.07, 6.45) is 8.49. The molecule has 0 unspecified atom stereocenters. The predicted octanol–water partition coefficient (Wildman–Crippen LogP) is 3.48. The van der Waals surface area contributed by atoms with Crippen molar-refractivity contribution >= 4 is 0 Å². The van der Waals surface area contributed by atoms with E-state index in [0.717, 1.165) is 0 Å². The smallest absolute Gasteiger partial charge is 0.0654 e. The first-order valence-electron chi connectivity index (χ1n) is 3.91. The molecule has 0 aromatic rings. The van der Waals surface area contributed by atoms with Crippen LogP contribution in [-0.2, 0) is 0 Å². The van der Waals surface area contributed by atoms with Gasteiger partial charge in [-0.15, -0.1) is 0 Å². The van der Waals surface area contributed by atoms with E-state index in [4.69, 9.17) is 0 Å². The number of unbranched alkanes of at least 4 members (excludes halogenated alkanes) is 5. The molecule has 0 atom stereocenters. The first-order valence-corrected chi connectivity index (χ1v) is 3.91. The second-order valence-electron chi connectivity index (χ2n) is 2.41. The van der Waals surface area contributed by atoms with Gasteiger partial charge in [-0.2, -0.15) is 0 Å². The zero-order valence-corrected chi connectivity index (χ0v) is 6.24. The Morgan fingerprint density at radius 2 is 1.12 bits per heavy atom. The molecule has 0 heterocycles. The average Bonchev–Trinajstić information content (AvgIpc) is 1.81. The highest BCUT2D eigenvalue weighted by molar-refractivity contribution is 4.39. The van der Waals surface area contributed by atoms with Crippen molar-refractivity contribution in [2.75, 3.05) is 0 Å². The lowest BCUT2D eigenvalue weighted by atomic mass is 10.1. The third-order valence-electron chi connectivity index (χ3n) is 1.46. The van der Waals surface area contributed by atoms with Gasteiger partial charge in [-0.3, -0.25) is 0 Å². The van der Waals surface area contributed by atoms with Gasteiger partial charge in [0.25, 0.3) is 0 Å². The predicted molar refractivity (Wildman–Crippen MR) is 40.2 cm³/mol. The van der Waals surface area contributed by atoms with Crippen LogP contribution in [0.4, 0.5) is 0 Å². The van der Waals surface area contributed by atoms with Crippen molar-refractivity contribution < 1.29 is 1.43 Å². The molecule has 0 heteroatoms. The minimum atomic E-state index is 0. The molecule has 0 amide bonds. The van der Waals surface area contributed by atoms with Crippen LogP contribution in [0, 0.1) is 0 Å². The fraction of sp³-hybridized carbons (Fsp3) is 1.00. The Kier molecular flexibility index (Phi) is 7.00. The molecule has 0 nitrogen and oxygen atoms in total. The average molecular weight is 115 g/mol. The SMILES string of the molecule is CCCCCCCC.[H+]. The molecule has 8 heavy (non-hydrogen) atoms. The molecule has 0 aromatic carbocycles. The van der Waals surface area contributed by atoms with E-state index in [9.17, 15) is 0 Å². The van der Waals surface area contributed by atoms with Crippen LogP contribution < -0.4 is 0 Å². The second kappa shape index (κ2) is 7.00. The maximum absolute atomic E-state index is 2.26. The lowest BCUT2D eigenvalue weighted by Gasteiger charge is -1.93. The molecule has 0 saturated heterocycles. The Hall–Kier alpha value is 0. The number of rotatable bonds is 5. The molecule has 50 valence electrons. The standard InChI is InChI=1S/C8H18/c1-3-5-7-8-6-4-2/h3-8H2,1-2H3/p+1. The van der Waals surface area contributed by atoms with Gasteiger partial charge in [0.15, 0.2) is 0 Å². The Morgan fingerprint density at radius 1 is 0.750 bits per heavy atom. The minimum absolute atomic E-state index is 0. The third kappa shape index (κ3) is 6.00. The summed E-state index contributed by atoms with van der Waals surface area (Å²) in [5.41, 5.74) is 0. The van der Waals surface area contributed by atoms with Gasteiger partial charge in [-0.05, 0) is 0 Å². The Bertz CT molecular complexity index is 29.5. The lowest BCUT2D eigenvalue weighted by molar-refractivity contribution is 0.624. The van der Waals surface area contributed by atoms with Crippen molar-refractivity contribution in [3.63, 3.8) is 0 Å². The van der Waals surface area contributed by atoms with Crippen molar-refractivity contribution in [3.05, 3.63) is 0 Å². The molecule has 0 bridgehead atoms. The van der Waals surface area contributed by atoms with Crippen LogP contribution in [0.5, 0.6) is 0 Å². The van der Waals surface area contributed by atoms with Crippen molar-refractivity contribution in [2.45, 2.75) is 52.4 Å². The first-order chi connectivity index (χ1) is 3.91. The summed E-state index contributed by atoms with van der Waals surface area (Å²) in [6.45, 7) is 4.51. The highest BCUT2D eigenvalue weighted by Crippen LogP contribution is 2.03. The van der Waals surface area contributed by atoms with Crippen LogP contribution in [0.2, 0.25) is 0 Å². The van der Waals surface area contributed by atoms with Gasteiger partial charge in [0.1, 0.15) is 0 Å². The van der Waals surface area contributed by atoms with Crippen molar-refractivity contribution in [1.82, 2.24) is 0 Å². The van der Waals surface area contributed by atoms with E-state index in [1.807, 2.05) is 0 Å². The van der Waals surface area contributed by atoms with Gasteiger partial charge in [0.05, 0.1) is 0 Å². The van der Waals surface area contributed by atoms with E-state index in [1.165, 1.54) is 38.5 Å². The van der Waals surface area contributed by atoms with E-state index >= 15 is 0 Å². The van der Waals surface area contributed by atoms with Gasteiger partial charge in [0, 0.05) is 0 Å². The molecule has 0 rings (SSSR count). The Morgan fingerprint density at radius 3 is 1.38 bits per heavy atom. The zero-order chi connectivity index (χ0) is 6.24. The zero-order valence-electron chi connectivity index (χ0n) is 7.24. The molecule has 0 aliphatic rings. The van der Waals surface area contributed by atoms with Crippen molar-refractivity contribution in [3.8, 4) is 0 Å². The van der Waals surface area contributed by atoms with Crippen molar-refractivity contribution in [1.29, 1.82) is 0 Å². The maximum Gasteiger partial charge on any atom is 1.00 e. The van der Waals surface area contributed by atoms with Crippen LogP contribution >= 0.6 is 0 Å². The Labute approximate surface area is 54.8 Å². The summed E-state index contributed by atoms with van der Waals surface area (Å²) >= 11 is 0. The van der Waals surface area contributed by atoms with Crippen LogP contribution in [0.25, 0.3) is 0 Å². The second-order valence-corrected chi connectivity index (χ2v) is 2.41. The van der Waals surface area contributed by atoms with Crippen LogP contribution in [-0.4, -0.2) is 0 Å². The summed E-state index contributed by atoms with van der Waals surface area (Å²) in [7, 11) is 0. The molecule has 0 N–H and O–H groups in total. The van der Waals surface area contributed by atoms with Crippen LogP contribution in [0.15, 0.2) is 0 Å². The van der Waals surface area contributed by atoms with Gasteiger partial charge >= 0.3 is 1.43 Å². The summed E-state index contributed by atoms with van der Waals surface area (Å²) in [5.74, 6) is 0. The highest BCUT2D eigenvalue weighted by atomic mass is 13.9. The first kappa shape index (κ1) is 8.00. The number of hydrogen-bond donors (Lipinski definition) is 0. The quantitative estimate of drug-likeness (QED) is 0.481. The molecule has 0 aromatic heterocycles. The van der Waals surface area contributed by atoms with Gasteiger partial charge < -0.3 is 0 Å². The topological polar surface area (TPSA) is 0 Å². The molecule has 0 spiro atoms. The number of hydrogen-bond acceptors (Lipinski definition) is 0. The van der Waals surface area contributed by atoms with Crippen LogP contribution in [0.3, 0.4) is 0 Å². The van der Waals surface area contributed by atoms with Gasteiger partial charge in [0.2, 0.25) is 0 Å². The van der Waals surface area contributed by atoms with E-state index in [0.29, 0.717) is 0 Å². The summed E-state index contributed by atoms with van der Waals surface area (Å²) in [4.78, 5) is 0. The summed E-state index contributed by atoms with van der Waals surface area (Å²) in [6, 6.07) is 0. The largest absolute Gasteiger partial charge is 1.00 e. The molecular weight excluding hydrogens is 96.1 g/mol. The molecule has 0 saturated carbocycles. The van der Waals surface area contributed by atoms with E-state index in [2.05, 4.69) is 13.8 Å². The molecular formula is C8H19+. The lowest BCUT2D eigenvalue weighted by Crippen LogP contribution is -1.73. The van der Waals surface area contributed by atoms with Gasteiger partial charge in [-0.25, -0.2) is 0 Å².